The summed E-state index contributed by atoms with van der Waals surface area (Å²) in [6, 6.07) is 1.03. The van der Waals surface area contributed by atoms with Crippen molar-refractivity contribution in [2.24, 2.45) is 0 Å². The Labute approximate surface area is 147 Å². The molecule has 5 atom stereocenters. The topological polar surface area (TPSA) is 170 Å². The minimum absolute atomic E-state index is 0.0518. The molecule has 0 saturated carbocycles. The standard InChI is InChI=1S/C13H21N2O10P/c1-2-22-5-6-23-26(20,21)25-11-10(18)8(7-16)24-12(11)15-4-3-9(17)14-13(15)19/h3-4,8,10-12,16,18H,2,5-7H2,1H3,(H,20,21)(H,14,17,19)/t8-,10-,11-,12-/m1/s1. The van der Waals surface area contributed by atoms with E-state index in [9.17, 15) is 29.3 Å². The van der Waals surface area contributed by atoms with Gasteiger partial charge in [-0.3, -0.25) is 23.4 Å². The molecule has 0 bridgehead atoms. The molecule has 0 aromatic carbocycles. The summed E-state index contributed by atoms with van der Waals surface area (Å²) in [4.78, 5) is 34.9. The zero-order chi connectivity index (χ0) is 19.3. The van der Waals surface area contributed by atoms with E-state index in [1.54, 1.807) is 6.92 Å². The Bertz CT molecular complexity index is 749. The molecule has 1 aliphatic heterocycles. The lowest BCUT2D eigenvalue weighted by Gasteiger charge is -2.24. The van der Waals surface area contributed by atoms with Crippen molar-refractivity contribution in [3.8, 4) is 0 Å². The molecule has 4 N–H and O–H groups in total. The zero-order valence-corrected chi connectivity index (χ0v) is 14.8. The van der Waals surface area contributed by atoms with Gasteiger partial charge in [0.2, 0.25) is 0 Å². The Balaban J connectivity index is 2.20. The first-order valence-electron chi connectivity index (χ1n) is 7.78. The number of aromatic amines is 1. The fourth-order valence-electron chi connectivity index (χ4n) is 2.37. The van der Waals surface area contributed by atoms with E-state index in [1.807, 2.05) is 4.98 Å². The second-order valence-electron chi connectivity index (χ2n) is 5.32. The van der Waals surface area contributed by atoms with Gasteiger partial charge in [-0.2, -0.15) is 0 Å². The van der Waals surface area contributed by atoms with Gasteiger partial charge in [-0.05, 0) is 6.92 Å². The van der Waals surface area contributed by atoms with Crippen LogP contribution in [0.1, 0.15) is 13.2 Å². The first-order chi connectivity index (χ1) is 12.3. The third-order valence-corrected chi connectivity index (χ3v) is 4.58. The largest absolute Gasteiger partial charge is 0.472 e. The van der Waals surface area contributed by atoms with Crippen molar-refractivity contribution in [1.29, 1.82) is 0 Å². The van der Waals surface area contributed by atoms with E-state index >= 15 is 0 Å². The lowest BCUT2D eigenvalue weighted by Crippen LogP contribution is -2.39. The number of aromatic nitrogens is 2. The zero-order valence-electron chi connectivity index (χ0n) is 13.9. The van der Waals surface area contributed by atoms with Gasteiger partial charge in [0.15, 0.2) is 6.23 Å². The van der Waals surface area contributed by atoms with Gasteiger partial charge in [0.25, 0.3) is 5.56 Å². The molecule has 2 rings (SSSR count). The number of hydrogen-bond acceptors (Lipinski definition) is 9. The number of hydrogen-bond donors (Lipinski definition) is 4. The van der Waals surface area contributed by atoms with Gasteiger partial charge in [0, 0.05) is 18.9 Å². The van der Waals surface area contributed by atoms with Gasteiger partial charge < -0.3 is 24.6 Å². The molecule has 0 amide bonds. The summed E-state index contributed by atoms with van der Waals surface area (Å²) in [5.41, 5.74) is -1.54. The van der Waals surface area contributed by atoms with Crippen molar-refractivity contribution in [1.82, 2.24) is 9.55 Å². The van der Waals surface area contributed by atoms with Crippen LogP contribution in [0.25, 0.3) is 0 Å². The average Bonchev–Trinajstić information content (AvgIpc) is 2.87. The molecule has 1 unspecified atom stereocenters. The molecule has 2 heterocycles. The number of phosphoric ester groups is 1. The van der Waals surface area contributed by atoms with Gasteiger partial charge in [0.05, 0.1) is 19.8 Å². The number of aliphatic hydroxyl groups is 2. The number of nitrogens with zero attached hydrogens (tertiary/aromatic N) is 1. The normalized spacial score (nSPS) is 28.2. The summed E-state index contributed by atoms with van der Waals surface area (Å²) in [7, 11) is -4.63. The quantitative estimate of drug-likeness (QED) is 0.279. The molecule has 0 radical (unpaired) electrons. The molecule has 1 aromatic rings. The predicted octanol–water partition coefficient (Wildman–Crippen LogP) is -1.67. The summed E-state index contributed by atoms with van der Waals surface area (Å²) >= 11 is 0. The highest BCUT2D eigenvalue weighted by Crippen LogP contribution is 2.48. The average molecular weight is 396 g/mol. The molecule has 1 saturated heterocycles. The number of aliphatic hydroxyl groups excluding tert-OH is 2. The number of phosphoric acid groups is 1. The van der Waals surface area contributed by atoms with Crippen LogP contribution >= 0.6 is 7.82 Å². The van der Waals surface area contributed by atoms with Crippen LogP contribution in [0.15, 0.2) is 21.9 Å². The van der Waals surface area contributed by atoms with Crippen molar-refractivity contribution < 1.29 is 38.2 Å². The highest BCUT2D eigenvalue weighted by Gasteiger charge is 2.49. The molecule has 12 nitrogen and oxygen atoms in total. The van der Waals surface area contributed by atoms with Gasteiger partial charge in [-0.25, -0.2) is 9.36 Å². The van der Waals surface area contributed by atoms with Gasteiger partial charge >= 0.3 is 13.5 Å². The van der Waals surface area contributed by atoms with Crippen molar-refractivity contribution in [2.75, 3.05) is 26.4 Å². The van der Waals surface area contributed by atoms with Gasteiger partial charge in [0.1, 0.15) is 18.3 Å². The van der Waals surface area contributed by atoms with Crippen LogP contribution in [0, 0.1) is 0 Å². The van der Waals surface area contributed by atoms with Crippen LogP contribution in [0.4, 0.5) is 0 Å². The molecule has 1 fully saturated rings. The summed E-state index contributed by atoms with van der Waals surface area (Å²) < 4.78 is 32.9. The maximum Gasteiger partial charge on any atom is 0.472 e. The van der Waals surface area contributed by atoms with Crippen molar-refractivity contribution >= 4 is 7.82 Å². The summed E-state index contributed by atoms with van der Waals surface area (Å²) in [6.07, 6.45) is -4.51. The van der Waals surface area contributed by atoms with Crippen LogP contribution in [0.3, 0.4) is 0 Å². The number of ether oxygens (including phenoxy) is 2. The Morgan fingerprint density at radius 3 is 2.73 bits per heavy atom. The molecular formula is C13H21N2O10P. The van der Waals surface area contributed by atoms with Crippen LogP contribution in [-0.4, -0.2) is 69.4 Å². The van der Waals surface area contributed by atoms with E-state index in [0.29, 0.717) is 6.61 Å². The van der Waals surface area contributed by atoms with Crippen LogP contribution in [-0.2, 0) is 23.1 Å². The number of H-pyrrole nitrogens is 1. The molecule has 148 valence electrons. The van der Waals surface area contributed by atoms with Crippen molar-refractivity contribution in [2.45, 2.75) is 31.5 Å². The third kappa shape index (κ3) is 5.09. The molecular weight excluding hydrogens is 375 g/mol. The fraction of sp³-hybridized carbons (Fsp3) is 0.692. The maximum atomic E-state index is 12.1. The van der Waals surface area contributed by atoms with Gasteiger partial charge in [-0.1, -0.05) is 0 Å². The summed E-state index contributed by atoms with van der Waals surface area (Å²) in [5.74, 6) is 0. The lowest BCUT2D eigenvalue weighted by atomic mass is 10.1. The molecule has 0 aliphatic carbocycles. The number of rotatable bonds is 9. The molecule has 1 aliphatic rings. The Hall–Kier alpha value is -1.37. The Kier molecular flexibility index (Phi) is 7.26. The first kappa shape index (κ1) is 20.9. The second-order valence-corrected chi connectivity index (χ2v) is 6.73. The molecule has 13 heteroatoms. The van der Waals surface area contributed by atoms with Crippen molar-refractivity contribution in [3.05, 3.63) is 33.1 Å². The predicted molar refractivity (Wildman–Crippen MR) is 85.5 cm³/mol. The highest BCUT2D eigenvalue weighted by molar-refractivity contribution is 7.47. The molecule has 1 aromatic heterocycles. The van der Waals surface area contributed by atoms with E-state index in [1.165, 1.54) is 0 Å². The third-order valence-electron chi connectivity index (χ3n) is 3.56. The van der Waals surface area contributed by atoms with E-state index in [4.69, 9.17) is 18.5 Å². The monoisotopic (exact) mass is 396 g/mol. The number of nitrogens with one attached hydrogen (secondary N) is 1. The summed E-state index contributed by atoms with van der Waals surface area (Å²) in [6.45, 7) is 1.32. The maximum absolute atomic E-state index is 12.1. The van der Waals surface area contributed by atoms with E-state index < -0.39 is 50.2 Å². The lowest BCUT2D eigenvalue weighted by molar-refractivity contribution is -0.0555. The van der Waals surface area contributed by atoms with Crippen LogP contribution in [0.2, 0.25) is 0 Å². The van der Waals surface area contributed by atoms with E-state index in [0.717, 1.165) is 16.8 Å². The Morgan fingerprint density at radius 2 is 2.12 bits per heavy atom. The smallest absolute Gasteiger partial charge is 0.394 e. The fourth-order valence-corrected chi connectivity index (χ4v) is 3.28. The van der Waals surface area contributed by atoms with E-state index in [-0.39, 0.29) is 13.2 Å². The Morgan fingerprint density at radius 1 is 1.38 bits per heavy atom. The van der Waals surface area contributed by atoms with Crippen molar-refractivity contribution in [3.63, 3.8) is 0 Å². The van der Waals surface area contributed by atoms with Crippen LogP contribution < -0.4 is 11.2 Å². The van der Waals surface area contributed by atoms with E-state index in [2.05, 4.69) is 0 Å². The minimum Gasteiger partial charge on any atom is -0.394 e. The van der Waals surface area contributed by atoms with Crippen LogP contribution in [0.5, 0.6) is 0 Å². The molecule has 0 spiro atoms. The van der Waals surface area contributed by atoms with Gasteiger partial charge in [-0.15, -0.1) is 0 Å². The first-order valence-corrected chi connectivity index (χ1v) is 9.28. The highest BCUT2D eigenvalue weighted by atomic mass is 31.2. The minimum atomic E-state index is -4.63. The SMILES string of the molecule is CCOCCOP(=O)(O)O[C@@H]1[C@H](O)[C@@H](CO)O[C@H]1n1ccc(=O)[nH]c1=O. The summed E-state index contributed by atoms with van der Waals surface area (Å²) in [5, 5.41) is 19.5. The molecule has 26 heavy (non-hydrogen) atoms. The second kappa shape index (κ2) is 9.02.